The van der Waals surface area contributed by atoms with E-state index in [-0.39, 0.29) is 0 Å². The molecule has 2 nitrogen and oxygen atoms in total. The molecule has 1 saturated carbocycles. The number of nitrogens with one attached hydrogen (secondary N) is 1. The van der Waals surface area contributed by atoms with Crippen molar-refractivity contribution >= 4 is 0 Å². The zero-order valence-corrected chi connectivity index (χ0v) is 11.1. The van der Waals surface area contributed by atoms with Crippen LogP contribution in [0.1, 0.15) is 39.5 Å². The standard InChI is InChI=1S/C13H28N2/c1-11(2)9-12(15(4)5)13(10-14-3)7-6-8-13/h11-12,14H,6-10H2,1-5H3. The van der Waals surface area contributed by atoms with Crippen molar-refractivity contribution in [2.75, 3.05) is 27.7 Å². The van der Waals surface area contributed by atoms with Crippen molar-refractivity contribution in [1.82, 2.24) is 10.2 Å². The van der Waals surface area contributed by atoms with Gasteiger partial charge in [0.2, 0.25) is 0 Å². The molecule has 0 aromatic carbocycles. The van der Waals surface area contributed by atoms with Gasteiger partial charge in [0.1, 0.15) is 0 Å². The van der Waals surface area contributed by atoms with E-state index < -0.39 is 0 Å². The van der Waals surface area contributed by atoms with Crippen molar-refractivity contribution in [3.05, 3.63) is 0 Å². The van der Waals surface area contributed by atoms with E-state index in [0.29, 0.717) is 5.41 Å². The molecule has 90 valence electrons. The Morgan fingerprint density at radius 1 is 1.27 bits per heavy atom. The van der Waals surface area contributed by atoms with Gasteiger partial charge in [-0.15, -0.1) is 0 Å². The van der Waals surface area contributed by atoms with Crippen LogP contribution in [0.2, 0.25) is 0 Å². The lowest BCUT2D eigenvalue weighted by molar-refractivity contribution is 0.0117. The van der Waals surface area contributed by atoms with Gasteiger partial charge in [0, 0.05) is 12.6 Å². The predicted molar refractivity (Wildman–Crippen MR) is 67.1 cm³/mol. The summed E-state index contributed by atoms with van der Waals surface area (Å²) in [7, 11) is 6.56. The molecule has 0 bridgehead atoms. The molecule has 15 heavy (non-hydrogen) atoms. The smallest absolute Gasteiger partial charge is 0.0160 e. The van der Waals surface area contributed by atoms with Gasteiger partial charge in [0.05, 0.1) is 0 Å². The first-order valence-electron chi connectivity index (χ1n) is 6.33. The Labute approximate surface area is 95.4 Å². The fourth-order valence-corrected chi connectivity index (χ4v) is 3.07. The summed E-state index contributed by atoms with van der Waals surface area (Å²) in [5.74, 6) is 0.798. The van der Waals surface area contributed by atoms with Crippen LogP contribution in [0.3, 0.4) is 0 Å². The van der Waals surface area contributed by atoms with E-state index in [1.165, 1.54) is 32.2 Å². The summed E-state index contributed by atoms with van der Waals surface area (Å²) < 4.78 is 0. The van der Waals surface area contributed by atoms with Crippen molar-refractivity contribution in [2.24, 2.45) is 11.3 Å². The quantitative estimate of drug-likeness (QED) is 0.727. The first-order chi connectivity index (χ1) is 7.02. The van der Waals surface area contributed by atoms with Gasteiger partial charge < -0.3 is 10.2 Å². The maximum Gasteiger partial charge on any atom is 0.0160 e. The topological polar surface area (TPSA) is 15.3 Å². The van der Waals surface area contributed by atoms with Crippen LogP contribution < -0.4 is 5.32 Å². The van der Waals surface area contributed by atoms with Crippen molar-refractivity contribution in [2.45, 2.75) is 45.6 Å². The molecule has 0 aliphatic heterocycles. The molecular formula is C13H28N2. The van der Waals surface area contributed by atoms with Crippen molar-refractivity contribution in [1.29, 1.82) is 0 Å². The summed E-state index contributed by atoms with van der Waals surface area (Å²) in [4.78, 5) is 2.44. The van der Waals surface area contributed by atoms with E-state index in [1.54, 1.807) is 0 Å². The van der Waals surface area contributed by atoms with Crippen LogP contribution in [-0.2, 0) is 0 Å². The molecule has 0 spiro atoms. The lowest BCUT2D eigenvalue weighted by Crippen LogP contribution is -2.54. The third-order valence-corrected chi connectivity index (χ3v) is 3.90. The fourth-order valence-electron chi connectivity index (χ4n) is 3.07. The summed E-state index contributed by atoms with van der Waals surface area (Å²) in [6, 6.07) is 0.749. The Morgan fingerprint density at radius 3 is 2.13 bits per heavy atom. The van der Waals surface area contributed by atoms with Crippen LogP contribution in [0.25, 0.3) is 0 Å². The van der Waals surface area contributed by atoms with Gasteiger partial charge >= 0.3 is 0 Å². The summed E-state index contributed by atoms with van der Waals surface area (Å²) in [5.41, 5.74) is 0.558. The number of hydrogen-bond acceptors (Lipinski definition) is 2. The van der Waals surface area contributed by atoms with E-state index in [0.717, 1.165) is 12.0 Å². The Balaban J connectivity index is 2.67. The largest absolute Gasteiger partial charge is 0.319 e. The van der Waals surface area contributed by atoms with Gasteiger partial charge in [-0.3, -0.25) is 0 Å². The molecule has 1 fully saturated rings. The van der Waals surface area contributed by atoms with E-state index >= 15 is 0 Å². The fraction of sp³-hybridized carbons (Fsp3) is 1.00. The minimum Gasteiger partial charge on any atom is -0.319 e. The van der Waals surface area contributed by atoms with Crippen molar-refractivity contribution in [3.63, 3.8) is 0 Å². The molecule has 2 heteroatoms. The molecule has 0 amide bonds. The van der Waals surface area contributed by atoms with E-state index in [4.69, 9.17) is 0 Å². The van der Waals surface area contributed by atoms with Gasteiger partial charge in [-0.2, -0.15) is 0 Å². The molecule has 0 heterocycles. The Hall–Kier alpha value is -0.0800. The van der Waals surface area contributed by atoms with Crippen LogP contribution in [-0.4, -0.2) is 38.6 Å². The molecule has 1 atom stereocenters. The second-order valence-corrected chi connectivity index (χ2v) is 5.86. The van der Waals surface area contributed by atoms with Crippen LogP contribution in [0.15, 0.2) is 0 Å². The monoisotopic (exact) mass is 212 g/mol. The molecule has 1 rings (SSSR count). The first-order valence-corrected chi connectivity index (χ1v) is 6.33. The number of nitrogens with zero attached hydrogens (tertiary/aromatic N) is 1. The summed E-state index contributed by atoms with van der Waals surface area (Å²) in [6.07, 6.45) is 5.56. The Bertz CT molecular complexity index is 183. The second-order valence-electron chi connectivity index (χ2n) is 5.86. The van der Waals surface area contributed by atoms with E-state index in [2.05, 4.69) is 45.2 Å². The number of hydrogen-bond donors (Lipinski definition) is 1. The minimum atomic E-state index is 0.558. The summed E-state index contributed by atoms with van der Waals surface area (Å²) >= 11 is 0. The highest BCUT2D eigenvalue weighted by Crippen LogP contribution is 2.46. The minimum absolute atomic E-state index is 0.558. The molecular weight excluding hydrogens is 184 g/mol. The first kappa shape index (κ1) is 13.0. The van der Waals surface area contributed by atoms with Crippen molar-refractivity contribution < 1.29 is 0 Å². The van der Waals surface area contributed by atoms with Gasteiger partial charge in [-0.05, 0) is 51.7 Å². The van der Waals surface area contributed by atoms with E-state index in [1.807, 2.05) is 0 Å². The van der Waals surface area contributed by atoms with Gasteiger partial charge in [0.15, 0.2) is 0 Å². The molecule has 0 aromatic heterocycles. The number of rotatable bonds is 6. The van der Waals surface area contributed by atoms with Crippen LogP contribution in [0.5, 0.6) is 0 Å². The average molecular weight is 212 g/mol. The zero-order valence-electron chi connectivity index (χ0n) is 11.1. The third kappa shape index (κ3) is 2.94. The summed E-state index contributed by atoms with van der Waals surface area (Å²) in [5, 5.41) is 3.39. The molecule has 0 saturated heterocycles. The molecule has 1 aliphatic carbocycles. The van der Waals surface area contributed by atoms with Crippen LogP contribution in [0, 0.1) is 11.3 Å². The molecule has 1 aliphatic rings. The third-order valence-electron chi connectivity index (χ3n) is 3.90. The zero-order chi connectivity index (χ0) is 11.5. The normalized spacial score (nSPS) is 21.8. The molecule has 1 unspecified atom stereocenters. The Morgan fingerprint density at radius 2 is 1.87 bits per heavy atom. The Kier molecular flexibility index (Phi) is 4.60. The predicted octanol–water partition coefficient (Wildman–Crippen LogP) is 2.35. The molecule has 1 N–H and O–H groups in total. The molecule has 0 radical (unpaired) electrons. The average Bonchev–Trinajstić information content (AvgIpc) is 2.07. The lowest BCUT2D eigenvalue weighted by atomic mass is 9.62. The highest BCUT2D eigenvalue weighted by atomic mass is 15.1. The second kappa shape index (κ2) is 5.31. The van der Waals surface area contributed by atoms with E-state index in [9.17, 15) is 0 Å². The maximum absolute atomic E-state index is 3.39. The van der Waals surface area contributed by atoms with Gasteiger partial charge in [-0.25, -0.2) is 0 Å². The maximum atomic E-state index is 3.39. The SMILES string of the molecule is CNCC1(C(CC(C)C)N(C)C)CCC1. The van der Waals surface area contributed by atoms with Crippen LogP contribution >= 0.6 is 0 Å². The lowest BCUT2D eigenvalue weighted by Gasteiger charge is -2.51. The van der Waals surface area contributed by atoms with Gasteiger partial charge in [-0.1, -0.05) is 20.3 Å². The van der Waals surface area contributed by atoms with Crippen molar-refractivity contribution in [3.8, 4) is 0 Å². The highest BCUT2D eigenvalue weighted by Gasteiger charge is 2.44. The van der Waals surface area contributed by atoms with Gasteiger partial charge in [0.25, 0.3) is 0 Å². The highest BCUT2D eigenvalue weighted by molar-refractivity contribution is 4.98. The summed E-state index contributed by atoms with van der Waals surface area (Å²) in [6.45, 7) is 5.85. The molecule has 0 aromatic rings. The van der Waals surface area contributed by atoms with Crippen LogP contribution in [0.4, 0.5) is 0 Å².